The van der Waals surface area contributed by atoms with Gasteiger partial charge in [-0.1, -0.05) is 31.5 Å². The quantitative estimate of drug-likeness (QED) is 0.772. The van der Waals surface area contributed by atoms with Crippen LogP contribution in [0.15, 0.2) is 24.3 Å². The molecule has 1 aromatic carbocycles. The van der Waals surface area contributed by atoms with E-state index in [1.165, 1.54) is 0 Å². The van der Waals surface area contributed by atoms with Gasteiger partial charge in [0.05, 0.1) is 6.61 Å². The first-order valence-corrected chi connectivity index (χ1v) is 8.43. The summed E-state index contributed by atoms with van der Waals surface area (Å²) >= 11 is 0. The molecule has 1 unspecified atom stereocenters. The average Bonchev–Trinajstić information content (AvgIpc) is 2.56. The van der Waals surface area contributed by atoms with Gasteiger partial charge >= 0.3 is 0 Å². The van der Waals surface area contributed by atoms with Crippen LogP contribution >= 0.6 is 0 Å². The second-order valence-corrected chi connectivity index (χ2v) is 6.04. The summed E-state index contributed by atoms with van der Waals surface area (Å²) in [6.45, 7) is 3.10. The molecule has 1 aliphatic heterocycles. The molecule has 0 bridgehead atoms. The van der Waals surface area contributed by atoms with Gasteiger partial charge in [-0.3, -0.25) is 9.59 Å². The van der Waals surface area contributed by atoms with Crippen molar-refractivity contribution in [3.8, 4) is 0 Å². The molecule has 1 aromatic rings. The zero-order valence-electron chi connectivity index (χ0n) is 13.8. The van der Waals surface area contributed by atoms with Crippen LogP contribution in [-0.2, 0) is 16.0 Å². The first-order valence-electron chi connectivity index (χ1n) is 8.43. The van der Waals surface area contributed by atoms with Crippen molar-refractivity contribution in [2.45, 2.75) is 39.0 Å². The van der Waals surface area contributed by atoms with Gasteiger partial charge in [-0.15, -0.1) is 0 Å². The number of unbranched alkanes of at least 4 members (excludes halogenated alkanes) is 1. The number of aliphatic hydroxyl groups is 1. The van der Waals surface area contributed by atoms with Crippen molar-refractivity contribution >= 4 is 17.5 Å². The molecular formula is C18H26N2O3. The Morgan fingerprint density at radius 1 is 1.35 bits per heavy atom. The minimum absolute atomic E-state index is 0.00114. The van der Waals surface area contributed by atoms with Crippen molar-refractivity contribution in [3.05, 3.63) is 29.8 Å². The number of hydrogen-bond acceptors (Lipinski definition) is 3. The number of benzene rings is 1. The van der Waals surface area contributed by atoms with Crippen LogP contribution in [0.1, 0.15) is 38.2 Å². The van der Waals surface area contributed by atoms with E-state index in [-0.39, 0.29) is 24.3 Å². The van der Waals surface area contributed by atoms with Gasteiger partial charge in [0.1, 0.15) is 0 Å². The highest BCUT2D eigenvalue weighted by Crippen LogP contribution is 2.27. The van der Waals surface area contributed by atoms with E-state index in [0.717, 1.165) is 24.1 Å². The molecule has 2 rings (SSSR count). The SMILES string of the molecule is CCCCN(CCO)C(=O)CCC1Cc2ccccc2NC1=O. The molecule has 0 radical (unpaired) electrons. The number of nitrogens with zero attached hydrogens (tertiary/aromatic N) is 1. The first kappa shape index (κ1) is 17.5. The third-order valence-corrected chi connectivity index (χ3v) is 4.32. The van der Waals surface area contributed by atoms with Crippen molar-refractivity contribution in [2.24, 2.45) is 5.92 Å². The summed E-state index contributed by atoms with van der Waals surface area (Å²) in [6.07, 6.45) is 3.53. The highest BCUT2D eigenvalue weighted by Gasteiger charge is 2.26. The zero-order valence-corrected chi connectivity index (χ0v) is 13.8. The number of amides is 2. The summed E-state index contributed by atoms with van der Waals surface area (Å²) in [6, 6.07) is 7.79. The molecule has 0 aromatic heterocycles. The molecule has 23 heavy (non-hydrogen) atoms. The highest BCUT2D eigenvalue weighted by atomic mass is 16.3. The number of aliphatic hydroxyl groups excluding tert-OH is 1. The van der Waals surface area contributed by atoms with Crippen LogP contribution in [0.2, 0.25) is 0 Å². The maximum atomic E-state index is 12.3. The number of rotatable bonds is 8. The van der Waals surface area contributed by atoms with Crippen molar-refractivity contribution in [1.29, 1.82) is 0 Å². The molecule has 1 heterocycles. The van der Waals surface area contributed by atoms with E-state index in [0.29, 0.717) is 32.4 Å². The molecule has 126 valence electrons. The van der Waals surface area contributed by atoms with Crippen molar-refractivity contribution in [2.75, 3.05) is 25.0 Å². The topological polar surface area (TPSA) is 69.6 Å². The zero-order chi connectivity index (χ0) is 16.7. The molecule has 2 N–H and O–H groups in total. The van der Waals surface area contributed by atoms with Crippen LogP contribution in [0.25, 0.3) is 0 Å². The fourth-order valence-electron chi connectivity index (χ4n) is 2.93. The van der Waals surface area contributed by atoms with E-state index >= 15 is 0 Å². The number of carbonyl (C=O) groups is 2. The van der Waals surface area contributed by atoms with Gasteiger partial charge in [-0.25, -0.2) is 0 Å². The number of hydrogen-bond donors (Lipinski definition) is 2. The Balaban J connectivity index is 1.89. The number of para-hydroxylation sites is 1. The van der Waals surface area contributed by atoms with Crippen molar-refractivity contribution in [3.63, 3.8) is 0 Å². The van der Waals surface area contributed by atoms with Crippen LogP contribution in [0, 0.1) is 5.92 Å². The van der Waals surface area contributed by atoms with Gasteiger partial charge < -0.3 is 15.3 Å². The van der Waals surface area contributed by atoms with Crippen LogP contribution in [0.4, 0.5) is 5.69 Å². The molecule has 2 amide bonds. The summed E-state index contributed by atoms with van der Waals surface area (Å²) in [5.41, 5.74) is 2.01. The minimum atomic E-state index is -0.156. The first-order chi connectivity index (χ1) is 11.2. The van der Waals surface area contributed by atoms with Gasteiger partial charge in [0.25, 0.3) is 0 Å². The second-order valence-electron chi connectivity index (χ2n) is 6.04. The van der Waals surface area contributed by atoms with E-state index in [9.17, 15) is 9.59 Å². The Morgan fingerprint density at radius 3 is 2.87 bits per heavy atom. The molecule has 5 nitrogen and oxygen atoms in total. The van der Waals surface area contributed by atoms with E-state index in [1.54, 1.807) is 4.90 Å². The number of nitrogens with one attached hydrogen (secondary N) is 1. The van der Waals surface area contributed by atoms with Gasteiger partial charge in [-0.2, -0.15) is 0 Å². The molecule has 0 aliphatic carbocycles. The Labute approximate surface area is 137 Å². The maximum absolute atomic E-state index is 12.3. The van der Waals surface area contributed by atoms with E-state index in [1.807, 2.05) is 24.3 Å². The minimum Gasteiger partial charge on any atom is -0.395 e. The van der Waals surface area contributed by atoms with Crippen LogP contribution < -0.4 is 5.32 Å². The average molecular weight is 318 g/mol. The van der Waals surface area contributed by atoms with Gasteiger partial charge in [0.2, 0.25) is 11.8 Å². The largest absolute Gasteiger partial charge is 0.395 e. The van der Waals surface area contributed by atoms with Crippen LogP contribution in [-0.4, -0.2) is 41.5 Å². The lowest BCUT2D eigenvalue weighted by molar-refractivity contribution is -0.132. The molecule has 0 fully saturated rings. The standard InChI is InChI=1S/C18H26N2O3/c1-2-3-10-20(11-12-21)17(22)9-8-15-13-14-6-4-5-7-16(14)19-18(15)23/h4-7,15,21H,2-3,8-13H2,1H3,(H,19,23). The Morgan fingerprint density at radius 2 is 2.13 bits per heavy atom. The smallest absolute Gasteiger partial charge is 0.227 e. The maximum Gasteiger partial charge on any atom is 0.227 e. The Bertz CT molecular complexity index is 545. The number of carbonyl (C=O) groups excluding carboxylic acids is 2. The lowest BCUT2D eigenvalue weighted by Crippen LogP contribution is -2.36. The van der Waals surface area contributed by atoms with E-state index < -0.39 is 0 Å². The molecule has 5 heteroatoms. The molecule has 1 atom stereocenters. The third kappa shape index (κ3) is 4.79. The summed E-state index contributed by atoms with van der Waals surface area (Å²) in [4.78, 5) is 26.2. The Hall–Kier alpha value is -1.88. The normalized spacial score (nSPS) is 16.6. The fraction of sp³-hybridized carbons (Fsp3) is 0.556. The lowest BCUT2D eigenvalue weighted by Gasteiger charge is -2.26. The van der Waals surface area contributed by atoms with Gasteiger partial charge in [0, 0.05) is 31.1 Å². The van der Waals surface area contributed by atoms with Crippen LogP contribution in [0.5, 0.6) is 0 Å². The van der Waals surface area contributed by atoms with Crippen molar-refractivity contribution in [1.82, 2.24) is 4.90 Å². The summed E-state index contributed by atoms with van der Waals surface area (Å²) in [7, 11) is 0. The van der Waals surface area contributed by atoms with Gasteiger partial charge in [-0.05, 0) is 30.9 Å². The van der Waals surface area contributed by atoms with E-state index in [2.05, 4.69) is 12.2 Å². The second kappa shape index (κ2) is 8.67. The van der Waals surface area contributed by atoms with E-state index in [4.69, 9.17) is 5.11 Å². The predicted molar refractivity (Wildman–Crippen MR) is 90.1 cm³/mol. The van der Waals surface area contributed by atoms with Crippen molar-refractivity contribution < 1.29 is 14.7 Å². The molecule has 0 saturated heterocycles. The summed E-state index contributed by atoms with van der Waals surface area (Å²) in [5, 5.41) is 12.0. The third-order valence-electron chi connectivity index (χ3n) is 4.32. The summed E-state index contributed by atoms with van der Waals surface area (Å²) in [5.74, 6) is -0.131. The highest BCUT2D eigenvalue weighted by molar-refractivity contribution is 5.96. The molecule has 1 aliphatic rings. The van der Waals surface area contributed by atoms with Gasteiger partial charge in [0.15, 0.2) is 0 Å². The monoisotopic (exact) mass is 318 g/mol. The predicted octanol–water partition coefficient (Wildman–Crippen LogP) is 2.20. The number of anilines is 1. The number of fused-ring (bicyclic) bond motifs is 1. The lowest BCUT2D eigenvalue weighted by atomic mass is 9.89. The Kier molecular flexibility index (Phi) is 6.59. The fourth-order valence-corrected chi connectivity index (χ4v) is 2.93. The summed E-state index contributed by atoms with van der Waals surface area (Å²) < 4.78 is 0. The van der Waals surface area contributed by atoms with Crippen LogP contribution in [0.3, 0.4) is 0 Å². The molecule has 0 saturated carbocycles. The molecular weight excluding hydrogens is 292 g/mol. The molecule has 0 spiro atoms.